The Bertz CT molecular complexity index is 1230. The van der Waals surface area contributed by atoms with Crippen molar-refractivity contribution in [3.63, 3.8) is 0 Å². The minimum absolute atomic E-state index is 0.0477. The van der Waals surface area contributed by atoms with Crippen molar-refractivity contribution in [3.05, 3.63) is 92.6 Å². The molecule has 35 heavy (non-hydrogen) atoms. The first-order valence-corrected chi connectivity index (χ1v) is 11.7. The summed E-state index contributed by atoms with van der Waals surface area (Å²) in [6, 6.07) is 18.6. The number of hydrogen-bond donors (Lipinski definition) is 2. The molecule has 0 bridgehead atoms. The van der Waals surface area contributed by atoms with Crippen molar-refractivity contribution < 1.29 is 14.3 Å². The lowest BCUT2D eigenvalue weighted by atomic mass is 10.2. The molecule has 9 heteroatoms. The predicted molar refractivity (Wildman–Crippen MR) is 133 cm³/mol. The Hall–Kier alpha value is -3.69. The highest BCUT2D eigenvalue weighted by molar-refractivity contribution is 5.95. The third-order valence-electron chi connectivity index (χ3n) is 5.94. The molecule has 1 atom stereocenters. The van der Waals surface area contributed by atoms with Crippen LogP contribution in [-0.4, -0.2) is 41.4 Å². The van der Waals surface area contributed by atoms with Gasteiger partial charge < -0.3 is 15.2 Å². The number of ether oxygens (including phenoxy) is 2. The number of nitrogens with one attached hydrogen (secondary N) is 1. The fourth-order valence-electron chi connectivity index (χ4n) is 4.10. The van der Waals surface area contributed by atoms with Crippen molar-refractivity contribution in [2.75, 3.05) is 30.5 Å². The largest absolute Gasteiger partial charge is 0.383 e. The van der Waals surface area contributed by atoms with Crippen LogP contribution in [0.4, 0.5) is 11.5 Å². The molecule has 1 aromatic heterocycles. The van der Waals surface area contributed by atoms with E-state index in [1.54, 1.807) is 0 Å². The van der Waals surface area contributed by atoms with E-state index >= 15 is 0 Å². The van der Waals surface area contributed by atoms with Crippen molar-refractivity contribution in [1.82, 2.24) is 9.55 Å². The zero-order valence-electron chi connectivity index (χ0n) is 19.5. The summed E-state index contributed by atoms with van der Waals surface area (Å²) < 4.78 is 12.5. The van der Waals surface area contributed by atoms with E-state index in [9.17, 15) is 14.4 Å². The maximum atomic E-state index is 13.3. The zero-order valence-corrected chi connectivity index (χ0v) is 19.5. The van der Waals surface area contributed by atoms with Gasteiger partial charge in [0.05, 0.1) is 38.8 Å². The third kappa shape index (κ3) is 6.26. The zero-order chi connectivity index (χ0) is 24.6. The molecule has 3 N–H and O–H groups in total. The van der Waals surface area contributed by atoms with Crippen LogP contribution in [0.1, 0.15) is 30.4 Å². The summed E-state index contributed by atoms with van der Waals surface area (Å²) in [6.07, 6.45) is 2.07. The van der Waals surface area contributed by atoms with Gasteiger partial charge in [-0.25, -0.2) is 4.79 Å². The first-order chi connectivity index (χ1) is 17.0. The standard InChI is InChI=1S/C26H30N4O5/c27-24-23(25(32)28-26(33)30(24)17-20-10-5-2-6-11-20)29(16-19-8-3-1-4-9-19)22(31)13-15-34-18-21-12-7-14-35-21/h1-6,8-11,21H,7,12-18,27H2,(H,28,32,33). The topological polar surface area (TPSA) is 120 Å². The summed E-state index contributed by atoms with van der Waals surface area (Å²) in [5.41, 5.74) is 6.63. The van der Waals surface area contributed by atoms with E-state index in [-0.39, 0.29) is 49.6 Å². The summed E-state index contributed by atoms with van der Waals surface area (Å²) in [5.74, 6) is -0.393. The number of carbonyl (C=O) groups excluding carboxylic acids is 1. The average Bonchev–Trinajstić information content (AvgIpc) is 3.38. The second-order valence-corrected chi connectivity index (χ2v) is 8.49. The number of rotatable bonds is 10. The molecule has 1 unspecified atom stereocenters. The van der Waals surface area contributed by atoms with Crippen LogP contribution in [0.2, 0.25) is 0 Å². The maximum absolute atomic E-state index is 13.3. The lowest BCUT2D eigenvalue weighted by Crippen LogP contribution is -2.41. The van der Waals surface area contributed by atoms with Crippen LogP contribution in [0.3, 0.4) is 0 Å². The molecule has 1 aliphatic heterocycles. The van der Waals surface area contributed by atoms with Gasteiger partial charge in [-0.3, -0.25) is 24.0 Å². The predicted octanol–water partition coefficient (Wildman–Crippen LogP) is 2.29. The Morgan fingerprint density at radius 3 is 2.43 bits per heavy atom. The lowest BCUT2D eigenvalue weighted by molar-refractivity contribution is -0.120. The number of H-pyrrole nitrogens is 1. The maximum Gasteiger partial charge on any atom is 0.330 e. The molecule has 2 heterocycles. The van der Waals surface area contributed by atoms with Gasteiger partial charge in [-0.15, -0.1) is 0 Å². The van der Waals surface area contributed by atoms with Crippen LogP contribution in [0, 0.1) is 0 Å². The van der Waals surface area contributed by atoms with Gasteiger partial charge in [0, 0.05) is 6.61 Å². The quantitative estimate of drug-likeness (QED) is 0.432. The Morgan fingerprint density at radius 2 is 1.77 bits per heavy atom. The number of anilines is 2. The number of aromatic nitrogens is 2. The van der Waals surface area contributed by atoms with Gasteiger partial charge in [-0.1, -0.05) is 60.7 Å². The number of benzene rings is 2. The minimum atomic E-state index is -0.707. The highest BCUT2D eigenvalue weighted by Crippen LogP contribution is 2.21. The summed E-state index contributed by atoms with van der Waals surface area (Å²) in [7, 11) is 0. The normalized spacial score (nSPS) is 15.3. The molecular formula is C26H30N4O5. The molecular weight excluding hydrogens is 448 g/mol. The van der Waals surface area contributed by atoms with Crippen molar-refractivity contribution in [3.8, 4) is 0 Å². The third-order valence-corrected chi connectivity index (χ3v) is 5.94. The summed E-state index contributed by atoms with van der Waals surface area (Å²) in [5, 5.41) is 0. The smallest absolute Gasteiger partial charge is 0.330 e. The van der Waals surface area contributed by atoms with E-state index in [1.165, 1.54) is 9.47 Å². The van der Waals surface area contributed by atoms with E-state index < -0.39 is 11.2 Å². The minimum Gasteiger partial charge on any atom is -0.383 e. The first kappa shape index (κ1) is 24.4. The van der Waals surface area contributed by atoms with Crippen LogP contribution in [0.5, 0.6) is 0 Å². The average molecular weight is 479 g/mol. The summed E-state index contributed by atoms with van der Waals surface area (Å²) in [4.78, 5) is 42.5. The molecule has 1 aliphatic rings. The molecule has 1 amide bonds. The van der Waals surface area contributed by atoms with Gasteiger partial charge in [0.2, 0.25) is 5.91 Å². The summed E-state index contributed by atoms with van der Waals surface area (Å²) >= 11 is 0. The van der Waals surface area contributed by atoms with Gasteiger partial charge in [-0.2, -0.15) is 0 Å². The molecule has 1 saturated heterocycles. The molecule has 1 fully saturated rings. The van der Waals surface area contributed by atoms with Crippen LogP contribution in [0.25, 0.3) is 0 Å². The van der Waals surface area contributed by atoms with Gasteiger partial charge in [0.25, 0.3) is 5.56 Å². The Morgan fingerprint density at radius 1 is 1.09 bits per heavy atom. The van der Waals surface area contributed by atoms with Crippen LogP contribution >= 0.6 is 0 Å². The van der Waals surface area contributed by atoms with Crippen molar-refractivity contribution in [2.45, 2.75) is 38.5 Å². The molecule has 0 spiro atoms. The summed E-state index contributed by atoms with van der Waals surface area (Å²) in [6.45, 7) is 1.63. The number of carbonyl (C=O) groups is 1. The van der Waals surface area contributed by atoms with Crippen LogP contribution in [0.15, 0.2) is 70.3 Å². The Labute approximate surface area is 203 Å². The lowest BCUT2D eigenvalue weighted by Gasteiger charge is -2.25. The molecule has 9 nitrogen and oxygen atoms in total. The Kier molecular flexibility index (Phi) is 8.12. The van der Waals surface area contributed by atoms with Crippen LogP contribution < -0.4 is 21.9 Å². The number of nitrogens with zero attached hydrogens (tertiary/aromatic N) is 2. The van der Waals surface area contributed by atoms with Crippen molar-refractivity contribution in [2.24, 2.45) is 0 Å². The fraction of sp³-hybridized carbons (Fsp3) is 0.346. The Balaban J connectivity index is 1.60. The molecule has 0 radical (unpaired) electrons. The second-order valence-electron chi connectivity index (χ2n) is 8.49. The van der Waals surface area contributed by atoms with Crippen molar-refractivity contribution in [1.29, 1.82) is 0 Å². The van der Waals surface area contributed by atoms with Gasteiger partial charge in [0.15, 0.2) is 5.69 Å². The SMILES string of the molecule is Nc1c(N(Cc2ccccc2)C(=O)CCOCC2CCCO2)c(=O)[nH]c(=O)n1Cc1ccccc1. The molecule has 0 aliphatic carbocycles. The van der Waals surface area contributed by atoms with Crippen molar-refractivity contribution >= 4 is 17.4 Å². The number of aromatic amines is 1. The molecule has 184 valence electrons. The van der Waals surface area contributed by atoms with E-state index in [1.807, 2.05) is 60.7 Å². The molecule has 4 rings (SSSR count). The molecule has 2 aromatic carbocycles. The van der Waals surface area contributed by atoms with E-state index in [0.717, 1.165) is 30.6 Å². The highest BCUT2D eigenvalue weighted by atomic mass is 16.5. The fourth-order valence-corrected chi connectivity index (χ4v) is 4.10. The van der Waals surface area contributed by atoms with E-state index in [2.05, 4.69) is 4.98 Å². The van der Waals surface area contributed by atoms with E-state index in [0.29, 0.717) is 6.61 Å². The number of nitrogen functional groups attached to an aromatic ring is 1. The van der Waals surface area contributed by atoms with Crippen LogP contribution in [-0.2, 0) is 27.4 Å². The first-order valence-electron chi connectivity index (χ1n) is 11.7. The van der Waals surface area contributed by atoms with Gasteiger partial charge >= 0.3 is 5.69 Å². The monoisotopic (exact) mass is 478 g/mol. The number of hydrogen-bond acceptors (Lipinski definition) is 6. The number of nitrogens with two attached hydrogens (primary N) is 1. The molecule has 0 saturated carbocycles. The molecule has 3 aromatic rings. The highest BCUT2D eigenvalue weighted by Gasteiger charge is 2.25. The second kappa shape index (κ2) is 11.6. The number of amides is 1. The van der Waals surface area contributed by atoms with Gasteiger partial charge in [0.1, 0.15) is 5.82 Å². The van der Waals surface area contributed by atoms with E-state index in [4.69, 9.17) is 15.2 Å². The van der Waals surface area contributed by atoms with Gasteiger partial charge in [-0.05, 0) is 24.0 Å².